The van der Waals surface area contributed by atoms with E-state index >= 15 is 0 Å². The van der Waals surface area contributed by atoms with E-state index in [9.17, 15) is 9.59 Å². The highest BCUT2D eigenvalue weighted by Gasteiger charge is 2.12. The van der Waals surface area contributed by atoms with Crippen molar-refractivity contribution >= 4 is 11.9 Å². The van der Waals surface area contributed by atoms with Crippen molar-refractivity contribution < 1.29 is 67.2 Å². The van der Waals surface area contributed by atoms with Crippen LogP contribution in [0.15, 0.2) is 30.3 Å². The summed E-state index contributed by atoms with van der Waals surface area (Å²) in [5, 5.41) is 17.3. The maximum Gasteiger partial charge on any atom is 0.341 e. The maximum absolute atomic E-state index is 11.0. The van der Waals surface area contributed by atoms with Crippen LogP contribution < -0.4 is 4.74 Å². The van der Waals surface area contributed by atoms with Gasteiger partial charge < -0.3 is 57.6 Å². The average molecular weight is 931 g/mol. The van der Waals surface area contributed by atoms with E-state index in [1.807, 2.05) is 6.07 Å². The number of aliphatic carboxylic acids is 2. The van der Waals surface area contributed by atoms with Crippen molar-refractivity contribution in [3.8, 4) is 5.75 Å². The first-order valence-corrected chi connectivity index (χ1v) is 25.3. The molecule has 1 rings (SSSR count). The second-order valence-corrected chi connectivity index (χ2v) is 16.1. The summed E-state index contributed by atoms with van der Waals surface area (Å²) in [5.74, 6) is -1.20. The van der Waals surface area contributed by atoms with E-state index in [0.717, 1.165) is 25.9 Å². The third kappa shape index (κ3) is 54.1. The second-order valence-electron chi connectivity index (χ2n) is 16.1. The topological polar surface area (TPSA) is 167 Å². The van der Waals surface area contributed by atoms with Crippen molar-refractivity contribution in [1.29, 1.82) is 0 Å². The van der Waals surface area contributed by atoms with Crippen molar-refractivity contribution in [2.45, 2.75) is 161 Å². The van der Waals surface area contributed by atoms with Crippen LogP contribution in [0.3, 0.4) is 0 Å². The minimum Gasteiger partial charge on any atom is -0.482 e. The van der Waals surface area contributed by atoms with Gasteiger partial charge in [0.15, 0.2) is 6.61 Å². The number of carboxylic acid groups (broad SMARTS) is 2. The van der Waals surface area contributed by atoms with Gasteiger partial charge in [-0.3, -0.25) is 4.79 Å². The molecule has 0 aliphatic carbocycles. The minimum absolute atomic E-state index is 0.0818. The third-order valence-electron chi connectivity index (χ3n) is 10.2. The van der Waals surface area contributed by atoms with Crippen molar-refractivity contribution in [2.24, 2.45) is 0 Å². The lowest BCUT2D eigenvalue weighted by atomic mass is 10.1. The molecule has 1 aromatic carbocycles. The third-order valence-corrected chi connectivity index (χ3v) is 10.2. The number of ether oxygens (including phenoxy) is 10. The van der Waals surface area contributed by atoms with Crippen molar-refractivity contribution in [2.75, 3.05) is 119 Å². The molecule has 65 heavy (non-hydrogen) atoms. The molecule has 0 bridgehead atoms. The number of carbonyl (C=O) groups is 2. The van der Waals surface area contributed by atoms with E-state index in [0.29, 0.717) is 118 Å². The van der Waals surface area contributed by atoms with Crippen molar-refractivity contribution in [3.63, 3.8) is 0 Å². The van der Waals surface area contributed by atoms with Gasteiger partial charge in [-0.1, -0.05) is 148 Å². The number of rotatable bonds is 52. The number of unbranched alkanes of at least 4 members (excludes halogenated alkanes) is 18. The van der Waals surface area contributed by atoms with Crippen LogP contribution in [0, 0.1) is 0 Å². The highest BCUT2D eigenvalue weighted by Crippen LogP contribution is 2.13. The minimum atomic E-state index is -0.964. The van der Waals surface area contributed by atoms with Gasteiger partial charge in [-0.25, -0.2) is 4.79 Å². The summed E-state index contributed by atoms with van der Waals surface area (Å²) in [5.41, 5.74) is 0. The van der Waals surface area contributed by atoms with Gasteiger partial charge in [0.05, 0.1) is 105 Å². The summed E-state index contributed by atoms with van der Waals surface area (Å²) in [4.78, 5) is 21.1. The molecule has 2 N–H and O–H groups in total. The highest BCUT2D eigenvalue weighted by atomic mass is 16.6. The molecular weight excluding hydrogens is 837 g/mol. The highest BCUT2D eigenvalue weighted by molar-refractivity contribution is 5.68. The zero-order valence-corrected chi connectivity index (χ0v) is 41.0. The van der Waals surface area contributed by atoms with E-state index in [1.165, 1.54) is 109 Å². The Labute approximate surface area is 394 Å². The van der Waals surface area contributed by atoms with Crippen LogP contribution in [0.2, 0.25) is 0 Å². The predicted octanol–water partition coefficient (Wildman–Crippen LogP) is 10.4. The summed E-state index contributed by atoms with van der Waals surface area (Å²) in [6.07, 6.45) is 26.5. The SMILES string of the molecule is CCCCCCCCCCCCOCCOCCOCCOCCOCCOCCOCCOCC(CCC(=O)O)OCCCCCCCCCCCC.O=C(O)COc1ccccc1. The summed E-state index contributed by atoms with van der Waals surface area (Å²) >= 11 is 0. The average Bonchev–Trinajstić information content (AvgIpc) is 3.31. The molecule has 1 unspecified atom stereocenters. The summed E-state index contributed by atoms with van der Waals surface area (Å²) in [7, 11) is 0. The van der Waals surface area contributed by atoms with E-state index in [2.05, 4.69) is 13.8 Å². The van der Waals surface area contributed by atoms with E-state index in [1.54, 1.807) is 24.3 Å². The van der Waals surface area contributed by atoms with Crippen LogP contribution in [0.25, 0.3) is 0 Å². The zero-order chi connectivity index (χ0) is 47.2. The fraction of sp³-hybridized carbons (Fsp3) is 0.843. The number of hydrogen-bond donors (Lipinski definition) is 2. The molecular formula is C51H94O14. The van der Waals surface area contributed by atoms with Gasteiger partial charge in [-0.15, -0.1) is 0 Å². The molecule has 1 atom stereocenters. The first-order chi connectivity index (χ1) is 32.0. The first-order valence-electron chi connectivity index (χ1n) is 25.3. The predicted molar refractivity (Wildman–Crippen MR) is 256 cm³/mol. The number of hydrogen-bond acceptors (Lipinski definition) is 12. The van der Waals surface area contributed by atoms with Crippen LogP contribution >= 0.6 is 0 Å². The number of carboxylic acids is 2. The Hall–Kier alpha value is -2.40. The van der Waals surface area contributed by atoms with Crippen molar-refractivity contribution in [1.82, 2.24) is 0 Å². The number of para-hydroxylation sites is 1. The lowest BCUT2D eigenvalue weighted by Gasteiger charge is -2.17. The Morgan fingerprint density at radius 3 is 1.12 bits per heavy atom. The zero-order valence-electron chi connectivity index (χ0n) is 41.0. The quantitative estimate of drug-likeness (QED) is 0.0592. The van der Waals surface area contributed by atoms with Crippen LogP contribution in [-0.4, -0.2) is 147 Å². The summed E-state index contributed by atoms with van der Waals surface area (Å²) < 4.78 is 55.5. The Bertz CT molecular complexity index is 1080. The van der Waals surface area contributed by atoms with E-state index in [4.69, 9.17) is 57.6 Å². The Morgan fingerprint density at radius 2 is 0.754 bits per heavy atom. The molecule has 0 heterocycles. The fourth-order valence-corrected chi connectivity index (χ4v) is 6.45. The standard InChI is InChI=1S/C43H86O11.C8H8O3/c1-3-5-7-9-11-13-15-17-19-21-25-46-27-28-47-29-30-48-31-32-49-33-34-50-35-36-51-37-38-52-39-40-53-41-42(23-24-43(44)45)54-26-22-20-18-16-14-12-10-8-6-4-2;9-8(10)6-11-7-4-2-1-3-5-7/h42H,3-41H2,1-2H3,(H,44,45);1-5H,6H2,(H,9,10). The van der Waals surface area contributed by atoms with Gasteiger partial charge in [-0.05, 0) is 31.4 Å². The molecule has 0 amide bonds. The van der Waals surface area contributed by atoms with Gasteiger partial charge in [0.25, 0.3) is 0 Å². The number of benzene rings is 1. The summed E-state index contributed by atoms with van der Waals surface area (Å²) in [6, 6.07) is 8.84. The molecule has 0 saturated carbocycles. The Kier molecular flexibility index (Phi) is 52.2. The van der Waals surface area contributed by atoms with Gasteiger partial charge in [0.1, 0.15) is 5.75 Å². The maximum atomic E-state index is 11.0. The van der Waals surface area contributed by atoms with E-state index < -0.39 is 11.9 Å². The van der Waals surface area contributed by atoms with Gasteiger partial charge >= 0.3 is 11.9 Å². The molecule has 14 nitrogen and oxygen atoms in total. The van der Waals surface area contributed by atoms with Gasteiger partial charge in [0.2, 0.25) is 0 Å². The molecule has 382 valence electrons. The van der Waals surface area contributed by atoms with Crippen LogP contribution in [0.1, 0.15) is 155 Å². The lowest BCUT2D eigenvalue weighted by molar-refractivity contribution is -0.139. The molecule has 1 aromatic rings. The van der Waals surface area contributed by atoms with Crippen LogP contribution in [-0.2, 0) is 52.2 Å². The monoisotopic (exact) mass is 931 g/mol. The normalized spacial score (nSPS) is 11.7. The van der Waals surface area contributed by atoms with Crippen molar-refractivity contribution in [3.05, 3.63) is 30.3 Å². The van der Waals surface area contributed by atoms with Crippen LogP contribution in [0.4, 0.5) is 0 Å². The molecule has 0 aliphatic heterocycles. The van der Waals surface area contributed by atoms with Crippen LogP contribution in [0.5, 0.6) is 5.75 Å². The molecule has 0 fully saturated rings. The Balaban J connectivity index is 0.00000321. The smallest absolute Gasteiger partial charge is 0.341 e. The second kappa shape index (κ2) is 54.2. The molecule has 0 radical (unpaired) electrons. The van der Waals surface area contributed by atoms with Gasteiger partial charge in [-0.2, -0.15) is 0 Å². The molecule has 0 aliphatic rings. The largest absolute Gasteiger partial charge is 0.482 e. The fourth-order valence-electron chi connectivity index (χ4n) is 6.45. The summed E-state index contributed by atoms with van der Waals surface area (Å²) in [6.45, 7) is 13.4. The molecule has 14 heteroatoms. The lowest BCUT2D eigenvalue weighted by Crippen LogP contribution is -2.23. The molecule has 0 aromatic heterocycles. The molecule has 0 spiro atoms. The van der Waals surface area contributed by atoms with E-state index in [-0.39, 0.29) is 19.1 Å². The Morgan fingerprint density at radius 1 is 0.415 bits per heavy atom. The first kappa shape index (κ1) is 62.6. The van der Waals surface area contributed by atoms with Gasteiger partial charge in [0, 0.05) is 19.6 Å². The molecule has 0 saturated heterocycles.